The second-order valence-electron chi connectivity index (χ2n) is 7.07. The minimum absolute atomic E-state index is 0.0686. The molecule has 3 heterocycles. The van der Waals surface area contributed by atoms with Crippen LogP contribution in [0.4, 0.5) is 10.6 Å². The predicted octanol–water partition coefficient (Wildman–Crippen LogP) is 2.69. The van der Waals surface area contributed by atoms with Crippen molar-refractivity contribution in [1.29, 1.82) is 0 Å². The van der Waals surface area contributed by atoms with Gasteiger partial charge in [0, 0.05) is 18.2 Å². The quantitative estimate of drug-likeness (QED) is 0.924. The molecule has 1 fully saturated rings. The Morgan fingerprint density at radius 1 is 1.21 bits per heavy atom. The van der Waals surface area contributed by atoms with Gasteiger partial charge in [-0.2, -0.15) is 5.10 Å². The third-order valence-corrected chi connectivity index (χ3v) is 5.26. The molecule has 2 aromatic rings. The second-order valence-corrected chi connectivity index (χ2v) is 7.07. The summed E-state index contributed by atoms with van der Waals surface area (Å²) in [6.07, 6.45) is 5.80. The maximum Gasteiger partial charge on any atom is 0.323 e. The molecule has 2 amide bonds. The minimum atomic E-state index is -0.0686. The Kier molecular flexibility index (Phi) is 3.11. The number of hydrogen-bond donors (Lipinski definition) is 1. The number of hydrogen-bond acceptors (Lipinski definition) is 3. The normalized spacial score (nSPS) is 19.1. The number of pyridine rings is 1. The van der Waals surface area contributed by atoms with Crippen molar-refractivity contribution in [2.45, 2.75) is 51.1 Å². The van der Waals surface area contributed by atoms with E-state index in [-0.39, 0.29) is 6.03 Å². The van der Waals surface area contributed by atoms with Crippen LogP contribution in [0.3, 0.4) is 0 Å². The molecule has 124 valence electrons. The fraction of sp³-hybridized carbons (Fsp3) is 0.500. The molecule has 0 bridgehead atoms. The molecule has 0 radical (unpaired) electrons. The zero-order valence-corrected chi connectivity index (χ0v) is 13.7. The van der Waals surface area contributed by atoms with Crippen molar-refractivity contribution in [3.05, 3.63) is 40.8 Å². The molecule has 0 aromatic carbocycles. The Balaban J connectivity index is 1.29. The fourth-order valence-electron chi connectivity index (χ4n) is 3.72. The highest BCUT2D eigenvalue weighted by atomic mass is 16.2. The lowest BCUT2D eigenvalue weighted by Crippen LogP contribution is -2.41. The average molecular weight is 323 g/mol. The Bertz CT molecular complexity index is 808. The van der Waals surface area contributed by atoms with Gasteiger partial charge in [-0.05, 0) is 49.8 Å². The van der Waals surface area contributed by atoms with E-state index in [1.54, 1.807) is 0 Å². The number of amides is 2. The Hall–Kier alpha value is -2.37. The number of nitrogens with one attached hydrogen (secondary N) is 1. The van der Waals surface area contributed by atoms with E-state index in [0.29, 0.717) is 24.8 Å². The maximum absolute atomic E-state index is 12.6. The van der Waals surface area contributed by atoms with Crippen LogP contribution < -0.4 is 5.32 Å². The summed E-state index contributed by atoms with van der Waals surface area (Å²) >= 11 is 0. The van der Waals surface area contributed by atoms with Crippen LogP contribution in [0, 0.1) is 0 Å². The van der Waals surface area contributed by atoms with Crippen LogP contribution in [0.15, 0.2) is 18.2 Å². The van der Waals surface area contributed by atoms with E-state index in [4.69, 9.17) is 0 Å². The lowest BCUT2D eigenvalue weighted by atomic mass is 10.2. The standard InChI is InChI=1S/C18H21N5O/c24-18(20-17-7-6-12-2-1-3-15(12)19-17)22-8-9-23-14(11-22)10-16(21-23)13-4-5-13/h6-7,10,13H,1-5,8-9,11H2,(H,19,20,24). The summed E-state index contributed by atoms with van der Waals surface area (Å²) in [4.78, 5) is 19.0. The zero-order valence-electron chi connectivity index (χ0n) is 13.7. The van der Waals surface area contributed by atoms with Crippen molar-refractivity contribution in [2.24, 2.45) is 0 Å². The van der Waals surface area contributed by atoms with E-state index in [9.17, 15) is 4.79 Å². The van der Waals surface area contributed by atoms with Crippen molar-refractivity contribution in [3.8, 4) is 0 Å². The van der Waals surface area contributed by atoms with Crippen molar-refractivity contribution in [2.75, 3.05) is 11.9 Å². The van der Waals surface area contributed by atoms with Crippen LogP contribution in [0.25, 0.3) is 0 Å². The number of anilines is 1. The van der Waals surface area contributed by atoms with Crippen LogP contribution in [-0.2, 0) is 25.9 Å². The summed E-state index contributed by atoms with van der Waals surface area (Å²) in [5, 5.41) is 7.64. The van der Waals surface area contributed by atoms with E-state index in [1.165, 1.54) is 30.5 Å². The Morgan fingerprint density at radius 3 is 3.00 bits per heavy atom. The number of aryl methyl sites for hydroxylation is 2. The van der Waals surface area contributed by atoms with E-state index < -0.39 is 0 Å². The van der Waals surface area contributed by atoms with Gasteiger partial charge in [0.05, 0.1) is 24.5 Å². The third-order valence-electron chi connectivity index (χ3n) is 5.26. The molecular weight excluding hydrogens is 302 g/mol. The predicted molar refractivity (Wildman–Crippen MR) is 89.9 cm³/mol. The summed E-state index contributed by atoms with van der Waals surface area (Å²) in [7, 11) is 0. The van der Waals surface area contributed by atoms with Gasteiger partial charge in [-0.25, -0.2) is 9.78 Å². The number of carbonyl (C=O) groups excluding carboxylic acids is 1. The molecule has 24 heavy (non-hydrogen) atoms. The third kappa shape index (κ3) is 2.46. The van der Waals surface area contributed by atoms with E-state index in [0.717, 1.165) is 30.8 Å². The Labute approximate surface area is 140 Å². The molecule has 1 aliphatic heterocycles. The zero-order chi connectivity index (χ0) is 16.1. The average Bonchev–Trinajstić information content (AvgIpc) is 3.18. The summed E-state index contributed by atoms with van der Waals surface area (Å²) in [5.74, 6) is 1.32. The van der Waals surface area contributed by atoms with Crippen LogP contribution in [0.5, 0.6) is 0 Å². The van der Waals surface area contributed by atoms with E-state index >= 15 is 0 Å². The lowest BCUT2D eigenvalue weighted by Gasteiger charge is -2.27. The molecule has 2 aromatic heterocycles. The molecule has 0 atom stereocenters. The number of urea groups is 1. The number of fused-ring (bicyclic) bond motifs is 2. The first-order valence-electron chi connectivity index (χ1n) is 8.87. The van der Waals surface area contributed by atoms with Crippen molar-refractivity contribution < 1.29 is 4.79 Å². The number of carbonyl (C=O) groups is 1. The highest BCUT2D eigenvalue weighted by Gasteiger charge is 2.29. The molecule has 6 heteroatoms. The van der Waals surface area contributed by atoms with Gasteiger partial charge >= 0.3 is 6.03 Å². The van der Waals surface area contributed by atoms with Crippen molar-refractivity contribution in [3.63, 3.8) is 0 Å². The molecule has 1 saturated carbocycles. The summed E-state index contributed by atoms with van der Waals surface area (Å²) in [6, 6.07) is 6.12. The molecule has 0 saturated heterocycles. The molecular formula is C18H21N5O. The highest BCUT2D eigenvalue weighted by Crippen LogP contribution is 2.39. The molecule has 1 N–H and O–H groups in total. The van der Waals surface area contributed by atoms with Gasteiger partial charge < -0.3 is 4.90 Å². The van der Waals surface area contributed by atoms with Crippen LogP contribution in [-0.4, -0.2) is 32.2 Å². The van der Waals surface area contributed by atoms with Gasteiger partial charge in [-0.1, -0.05) is 6.07 Å². The second kappa shape index (κ2) is 5.33. The lowest BCUT2D eigenvalue weighted by molar-refractivity contribution is 0.194. The smallest absolute Gasteiger partial charge is 0.317 e. The van der Waals surface area contributed by atoms with Gasteiger partial charge in [-0.3, -0.25) is 10.00 Å². The molecule has 0 spiro atoms. The van der Waals surface area contributed by atoms with Gasteiger partial charge in [-0.15, -0.1) is 0 Å². The van der Waals surface area contributed by atoms with Gasteiger partial charge in [0.1, 0.15) is 5.82 Å². The summed E-state index contributed by atoms with van der Waals surface area (Å²) < 4.78 is 2.06. The maximum atomic E-state index is 12.6. The molecule has 3 aliphatic rings. The highest BCUT2D eigenvalue weighted by molar-refractivity contribution is 5.88. The molecule has 2 aliphatic carbocycles. The van der Waals surface area contributed by atoms with Gasteiger partial charge in [0.2, 0.25) is 0 Å². The fourth-order valence-corrected chi connectivity index (χ4v) is 3.72. The SMILES string of the molecule is O=C(Nc1ccc2c(n1)CCC2)N1CCn2nc(C3CC3)cc2C1. The van der Waals surface area contributed by atoms with Crippen LogP contribution >= 0.6 is 0 Å². The Morgan fingerprint density at radius 2 is 2.12 bits per heavy atom. The van der Waals surface area contributed by atoms with Gasteiger partial charge in [0.15, 0.2) is 0 Å². The van der Waals surface area contributed by atoms with E-state index in [1.807, 2.05) is 11.0 Å². The first-order valence-corrected chi connectivity index (χ1v) is 8.87. The number of nitrogens with zero attached hydrogens (tertiary/aromatic N) is 4. The largest absolute Gasteiger partial charge is 0.323 e. The first-order chi connectivity index (χ1) is 11.8. The monoisotopic (exact) mass is 323 g/mol. The molecule has 6 nitrogen and oxygen atoms in total. The summed E-state index contributed by atoms with van der Waals surface area (Å²) in [5.41, 5.74) is 4.80. The van der Waals surface area contributed by atoms with Crippen molar-refractivity contribution in [1.82, 2.24) is 19.7 Å². The first kappa shape index (κ1) is 14.0. The van der Waals surface area contributed by atoms with Crippen LogP contribution in [0.1, 0.15) is 47.8 Å². The van der Waals surface area contributed by atoms with Gasteiger partial charge in [0.25, 0.3) is 0 Å². The number of aromatic nitrogens is 3. The molecule has 0 unspecified atom stereocenters. The topological polar surface area (TPSA) is 63.1 Å². The summed E-state index contributed by atoms with van der Waals surface area (Å²) in [6.45, 7) is 2.08. The van der Waals surface area contributed by atoms with Crippen molar-refractivity contribution >= 4 is 11.8 Å². The minimum Gasteiger partial charge on any atom is -0.317 e. The number of rotatable bonds is 2. The van der Waals surface area contributed by atoms with E-state index in [2.05, 4.69) is 32.2 Å². The van der Waals surface area contributed by atoms with Crippen LogP contribution in [0.2, 0.25) is 0 Å². The molecule has 5 rings (SSSR count).